The highest BCUT2D eigenvalue weighted by Gasteiger charge is 2.23. The predicted molar refractivity (Wildman–Crippen MR) is 104 cm³/mol. The number of nitrogens with zero attached hydrogens (tertiary/aromatic N) is 3. The van der Waals surface area contributed by atoms with Gasteiger partial charge in [0.05, 0.1) is 22.9 Å². The maximum atomic E-state index is 14.2. The van der Waals surface area contributed by atoms with Crippen molar-refractivity contribution in [2.24, 2.45) is 0 Å². The topological polar surface area (TPSA) is 72.8 Å². The van der Waals surface area contributed by atoms with Gasteiger partial charge >= 0.3 is 0 Å². The monoisotopic (exact) mass is 412 g/mol. The van der Waals surface area contributed by atoms with Gasteiger partial charge in [0.15, 0.2) is 0 Å². The molecule has 1 aromatic heterocycles. The van der Waals surface area contributed by atoms with Crippen molar-refractivity contribution < 1.29 is 8.78 Å². The molecular formula is C21H15ClF2N4O. The highest BCUT2D eigenvalue weighted by Crippen LogP contribution is 2.23. The van der Waals surface area contributed by atoms with Gasteiger partial charge in [-0.25, -0.2) is 13.8 Å². The first-order valence-electron chi connectivity index (χ1n) is 8.93. The number of aromatic nitrogens is 2. The van der Waals surface area contributed by atoms with Gasteiger partial charge < -0.3 is 4.98 Å². The normalized spacial score (nSPS) is 13.7. The Morgan fingerprint density at radius 2 is 1.90 bits per heavy atom. The number of benzene rings is 2. The molecule has 0 saturated heterocycles. The predicted octanol–water partition coefficient (Wildman–Crippen LogP) is 3.80. The van der Waals surface area contributed by atoms with Gasteiger partial charge in [0.1, 0.15) is 17.5 Å². The third-order valence-corrected chi connectivity index (χ3v) is 5.17. The molecule has 1 N–H and O–H groups in total. The molecule has 0 atom stereocenters. The van der Waals surface area contributed by atoms with Crippen LogP contribution in [0.5, 0.6) is 0 Å². The van der Waals surface area contributed by atoms with Crippen molar-refractivity contribution >= 4 is 11.6 Å². The molecule has 0 radical (unpaired) electrons. The zero-order chi connectivity index (χ0) is 20.5. The zero-order valence-electron chi connectivity index (χ0n) is 15.2. The number of fused-ring (bicyclic) bond motifs is 1. The van der Waals surface area contributed by atoms with Crippen LogP contribution in [-0.2, 0) is 19.5 Å². The lowest BCUT2D eigenvalue weighted by molar-refractivity contribution is 0.235. The molecule has 0 fully saturated rings. The largest absolute Gasteiger partial charge is 0.306 e. The molecule has 0 amide bonds. The van der Waals surface area contributed by atoms with Crippen LogP contribution in [0.2, 0.25) is 5.02 Å². The second kappa shape index (κ2) is 7.74. The van der Waals surface area contributed by atoms with Crippen molar-refractivity contribution in [3.05, 3.63) is 85.8 Å². The Morgan fingerprint density at radius 1 is 1.21 bits per heavy atom. The molecule has 0 aliphatic carbocycles. The molecule has 2 aromatic carbocycles. The van der Waals surface area contributed by atoms with Crippen LogP contribution in [0.4, 0.5) is 8.78 Å². The van der Waals surface area contributed by atoms with E-state index in [4.69, 9.17) is 16.9 Å². The number of rotatable bonds is 3. The van der Waals surface area contributed by atoms with Gasteiger partial charge in [0.2, 0.25) is 0 Å². The summed E-state index contributed by atoms with van der Waals surface area (Å²) in [5, 5.41) is 9.40. The number of nitriles is 1. The minimum Gasteiger partial charge on any atom is -0.306 e. The molecule has 1 aliphatic heterocycles. The van der Waals surface area contributed by atoms with Crippen LogP contribution in [0, 0.1) is 23.0 Å². The fourth-order valence-electron chi connectivity index (χ4n) is 3.40. The van der Waals surface area contributed by atoms with Gasteiger partial charge in [-0.1, -0.05) is 11.6 Å². The Kier molecular flexibility index (Phi) is 5.14. The Labute approximate surface area is 170 Å². The SMILES string of the molecule is N#Cc1cc(F)c(CN2CCc3nc(-c4ccc(Cl)cc4)[nH]c(=O)c3C2)c(F)c1. The van der Waals surface area contributed by atoms with Crippen molar-refractivity contribution in [2.75, 3.05) is 6.54 Å². The molecule has 8 heteroatoms. The highest BCUT2D eigenvalue weighted by atomic mass is 35.5. The van der Waals surface area contributed by atoms with Crippen molar-refractivity contribution in [3.63, 3.8) is 0 Å². The average molecular weight is 413 g/mol. The summed E-state index contributed by atoms with van der Waals surface area (Å²) in [5.74, 6) is -1.07. The van der Waals surface area contributed by atoms with E-state index in [1.165, 1.54) is 0 Å². The molecule has 0 saturated carbocycles. The van der Waals surface area contributed by atoms with E-state index in [0.717, 1.165) is 17.7 Å². The summed E-state index contributed by atoms with van der Waals surface area (Å²) in [7, 11) is 0. The lowest BCUT2D eigenvalue weighted by atomic mass is 10.0. The van der Waals surface area contributed by atoms with E-state index >= 15 is 0 Å². The first-order valence-corrected chi connectivity index (χ1v) is 9.31. The number of H-pyrrole nitrogens is 1. The van der Waals surface area contributed by atoms with Crippen LogP contribution in [0.1, 0.15) is 22.4 Å². The van der Waals surface area contributed by atoms with E-state index < -0.39 is 11.6 Å². The van der Waals surface area contributed by atoms with Gasteiger partial charge in [0.25, 0.3) is 5.56 Å². The van der Waals surface area contributed by atoms with Crippen LogP contribution in [0.3, 0.4) is 0 Å². The maximum Gasteiger partial charge on any atom is 0.255 e. The van der Waals surface area contributed by atoms with Crippen LogP contribution in [0.15, 0.2) is 41.2 Å². The summed E-state index contributed by atoms with van der Waals surface area (Å²) in [6.07, 6.45) is 0.485. The minimum atomic E-state index is -0.766. The zero-order valence-corrected chi connectivity index (χ0v) is 15.9. The van der Waals surface area contributed by atoms with Crippen molar-refractivity contribution in [1.29, 1.82) is 5.26 Å². The van der Waals surface area contributed by atoms with Crippen molar-refractivity contribution in [3.8, 4) is 17.5 Å². The van der Waals surface area contributed by atoms with Crippen molar-refractivity contribution in [1.82, 2.24) is 14.9 Å². The molecule has 0 bridgehead atoms. The van der Waals surface area contributed by atoms with Gasteiger partial charge in [-0.3, -0.25) is 9.69 Å². The highest BCUT2D eigenvalue weighted by molar-refractivity contribution is 6.30. The number of aromatic amines is 1. The lowest BCUT2D eigenvalue weighted by Gasteiger charge is -2.28. The number of hydrogen-bond donors (Lipinski definition) is 1. The second-order valence-corrected chi connectivity index (χ2v) is 7.27. The van der Waals surface area contributed by atoms with E-state index in [1.54, 1.807) is 35.2 Å². The first-order chi connectivity index (χ1) is 13.9. The number of hydrogen-bond acceptors (Lipinski definition) is 4. The van der Waals surface area contributed by atoms with Crippen LogP contribution < -0.4 is 5.56 Å². The summed E-state index contributed by atoms with van der Waals surface area (Å²) in [5.41, 5.74) is 1.46. The third kappa shape index (κ3) is 3.90. The summed E-state index contributed by atoms with van der Waals surface area (Å²) in [6.45, 7) is 0.737. The smallest absolute Gasteiger partial charge is 0.255 e. The number of halogens is 3. The Bertz CT molecular complexity index is 1160. The van der Waals surface area contributed by atoms with Gasteiger partial charge in [0, 0.05) is 42.2 Å². The molecule has 0 unspecified atom stereocenters. The molecule has 146 valence electrons. The average Bonchev–Trinajstić information content (AvgIpc) is 2.71. The molecule has 5 nitrogen and oxygen atoms in total. The van der Waals surface area contributed by atoms with Crippen LogP contribution in [-0.4, -0.2) is 21.4 Å². The van der Waals surface area contributed by atoms with Crippen molar-refractivity contribution in [2.45, 2.75) is 19.5 Å². The molecule has 2 heterocycles. The van der Waals surface area contributed by atoms with E-state index in [9.17, 15) is 13.6 Å². The molecule has 0 spiro atoms. The molecule has 1 aliphatic rings. The quantitative estimate of drug-likeness (QED) is 0.710. The molecular weight excluding hydrogens is 398 g/mol. The second-order valence-electron chi connectivity index (χ2n) is 6.84. The summed E-state index contributed by atoms with van der Waals surface area (Å²) in [4.78, 5) is 21.7. The third-order valence-electron chi connectivity index (χ3n) is 4.92. The number of nitrogens with one attached hydrogen (secondary N) is 1. The van der Waals surface area contributed by atoms with Gasteiger partial charge in [-0.05, 0) is 36.4 Å². The first kappa shape index (κ1) is 19.2. The van der Waals surface area contributed by atoms with E-state index in [-0.39, 0.29) is 29.8 Å². The van der Waals surface area contributed by atoms with E-state index in [0.29, 0.717) is 35.1 Å². The standard InChI is InChI=1S/C21H15ClF2N4O/c22-14-3-1-13(2-4-14)20-26-19-5-6-28(11-16(19)21(29)27-20)10-15-17(23)7-12(9-25)8-18(15)24/h1-4,7-8H,5-6,10-11H2,(H,26,27,29). The molecule has 4 rings (SSSR count). The lowest BCUT2D eigenvalue weighted by Crippen LogP contribution is -2.35. The molecule has 3 aromatic rings. The Balaban J connectivity index is 1.59. The van der Waals surface area contributed by atoms with Crippen LogP contribution in [0.25, 0.3) is 11.4 Å². The van der Waals surface area contributed by atoms with E-state index in [2.05, 4.69) is 9.97 Å². The van der Waals surface area contributed by atoms with Crippen LogP contribution >= 0.6 is 11.6 Å². The van der Waals surface area contributed by atoms with Gasteiger partial charge in [-0.15, -0.1) is 0 Å². The fourth-order valence-corrected chi connectivity index (χ4v) is 3.53. The summed E-state index contributed by atoms with van der Waals surface area (Å²) in [6, 6.07) is 10.8. The fraction of sp³-hybridized carbons (Fsp3) is 0.190. The van der Waals surface area contributed by atoms with E-state index in [1.807, 2.05) is 0 Å². The summed E-state index contributed by atoms with van der Waals surface area (Å²) >= 11 is 5.90. The Hall–Kier alpha value is -3.08. The Morgan fingerprint density at radius 3 is 2.55 bits per heavy atom. The summed E-state index contributed by atoms with van der Waals surface area (Å²) < 4.78 is 28.4. The maximum absolute atomic E-state index is 14.2. The minimum absolute atomic E-state index is 0.00118. The van der Waals surface area contributed by atoms with Gasteiger partial charge in [-0.2, -0.15) is 5.26 Å². The molecule has 29 heavy (non-hydrogen) atoms.